The lowest BCUT2D eigenvalue weighted by Gasteiger charge is -1.78. The van der Waals surface area contributed by atoms with Crippen LogP contribution in [0.25, 0.3) is 0 Å². The molecule has 0 bridgehead atoms. The monoisotopic (exact) mass is 124 g/mol. The third-order valence-electron chi connectivity index (χ3n) is 0.796. The Morgan fingerprint density at radius 1 is 1.56 bits per heavy atom. The Labute approximate surface area is 51.0 Å². The summed E-state index contributed by atoms with van der Waals surface area (Å²) in [6.45, 7) is 0. The molecular weight excluding hydrogens is 120 g/mol. The molecule has 0 aliphatic carbocycles. The Morgan fingerprint density at radius 2 is 2.33 bits per heavy atom. The van der Waals surface area contributed by atoms with Crippen molar-refractivity contribution in [1.82, 2.24) is 5.10 Å². The molecule has 1 aromatic heterocycles. The predicted octanol–water partition coefficient (Wildman–Crippen LogP) is -0.925. The highest BCUT2D eigenvalue weighted by Crippen LogP contribution is 1.64. The van der Waals surface area contributed by atoms with Crippen LogP contribution >= 0.6 is 0 Å². The molecule has 1 heterocycles. The first-order valence-corrected chi connectivity index (χ1v) is 2.36. The fourth-order valence-electron chi connectivity index (χ4n) is 0.407. The van der Waals surface area contributed by atoms with Crippen molar-refractivity contribution < 1.29 is 4.85 Å². The fraction of sp³-hybridized carbons (Fsp3) is 0. The van der Waals surface area contributed by atoms with E-state index in [9.17, 15) is 10.0 Å². The van der Waals surface area contributed by atoms with Crippen LogP contribution in [0.2, 0.25) is 0 Å². The van der Waals surface area contributed by atoms with Gasteiger partial charge in [-0.15, -0.1) is 0 Å². The zero-order chi connectivity index (χ0) is 6.69. The van der Waals surface area contributed by atoms with Gasteiger partial charge in [-0.3, -0.25) is 0 Å². The number of hydrogen-bond donors (Lipinski definition) is 0. The van der Waals surface area contributed by atoms with Gasteiger partial charge >= 0.3 is 5.56 Å². The molecule has 4 nitrogen and oxygen atoms in total. The second-order valence-electron chi connectivity index (χ2n) is 1.43. The van der Waals surface area contributed by atoms with Crippen LogP contribution in [0.1, 0.15) is 0 Å². The highest BCUT2D eigenvalue weighted by atomic mass is 16.5. The maximum absolute atomic E-state index is 10.4. The first-order chi connectivity index (χ1) is 4.30. The quantitative estimate of drug-likeness (QED) is 0.332. The van der Waals surface area contributed by atoms with Crippen molar-refractivity contribution in [1.29, 1.82) is 0 Å². The fourth-order valence-corrected chi connectivity index (χ4v) is 0.407. The van der Waals surface area contributed by atoms with E-state index in [1.807, 2.05) is 0 Å². The molecule has 0 amide bonds. The zero-order valence-corrected chi connectivity index (χ0v) is 4.52. The average Bonchev–Trinajstić information content (AvgIpc) is 1.99. The molecule has 0 N–H and O–H groups in total. The highest BCUT2D eigenvalue weighted by molar-refractivity contribution is 4.83. The number of hydrogen-bond acceptors (Lipinski definition) is 3. The maximum Gasteiger partial charge on any atom is 0.448 e. The van der Waals surface area contributed by atoms with Crippen molar-refractivity contribution in [3.8, 4) is 0 Å². The van der Waals surface area contributed by atoms with Gasteiger partial charge in [0.25, 0.3) is 0 Å². The summed E-state index contributed by atoms with van der Waals surface area (Å²) < 4.78 is 0. The highest BCUT2D eigenvalue weighted by Gasteiger charge is 1.89. The molecule has 0 saturated carbocycles. The Balaban J connectivity index is 3.42. The van der Waals surface area contributed by atoms with Crippen molar-refractivity contribution in [2.45, 2.75) is 0 Å². The zero-order valence-electron chi connectivity index (χ0n) is 4.52. The summed E-state index contributed by atoms with van der Waals surface area (Å²) in [7, 11) is 0. The SMILES string of the molecule is O=c1ccccn[n+]1[O-]. The van der Waals surface area contributed by atoms with Gasteiger partial charge in [0.2, 0.25) is 0 Å². The van der Waals surface area contributed by atoms with Crippen LogP contribution in [0.4, 0.5) is 0 Å². The summed E-state index contributed by atoms with van der Waals surface area (Å²) in [5, 5.41) is 13.5. The standard InChI is InChI=1S/C5H4N2O2/c8-5-3-1-2-4-6-7(5)9/h1-4H. The van der Waals surface area contributed by atoms with Gasteiger partial charge in [-0.25, -0.2) is 4.79 Å². The smallest absolute Gasteiger partial charge is 0.448 e. The van der Waals surface area contributed by atoms with Crippen molar-refractivity contribution >= 4 is 0 Å². The molecule has 0 aromatic carbocycles. The van der Waals surface area contributed by atoms with E-state index in [0.29, 0.717) is 0 Å². The first kappa shape index (κ1) is 5.68. The molecule has 0 radical (unpaired) electrons. The molecule has 0 aliphatic heterocycles. The van der Waals surface area contributed by atoms with Crippen molar-refractivity contribution in [3.05, 3.63) is 40.0 Å². The summed E-state index contributed by atoms with van der Waals surface area (Å²) in [6, 6.07) is 4.12. The molecular formula is C5H4N2O2. The third-order valence-corrected chi connectivity index (χ3v) is 0.796. The van der Waals surface area contributed by atoms with E-state index in [4.69, 9.17) is 0 Å². The van der Waals surface area contributed by atoms with E-state index in [0.717, 1.165) is 6.07 Å². The Morgan fingerprint density at radius 3 is 3.11 bits per heavy atom. The Hall–Kier alpha value is -1.45. The lowest BCUT2D eigenvalue weighted by molar-refractivity contribution is -0.682. The maximum atomic E-state index is 10.4. The van der Waals surface area contributed by atoms with E-state index in [2.05, 4.69) is 5.10 Å². The minimum absolute atomic E-state index is 0.0278. The van der Waals surface area contributed by atoms with Crippen LogP contribution < -0.4 is 10.4 Å². The number of nitrogens with zero attached hydrogens (tertiary/aromatic N) is 2. The van der Waals surface area contributed by atoms with Gasteiger partial charge in [0.05, 0.1) is 12.3 Å². The van der Waals surface area contributed by atoms with Crippen LogP contribution in [-0.2, 0) is 0 Å². The second-order valence-corrected chi connectivity index (χ2v) is 1.43. The summed E-state index contributed by atoms with van der Waals surface area (Å²) in [6.07, 6.45) is 1.26. The molecule has 0 aliphatic rings. The molecule has 0 saturated heterocycles. The van der Waals surface area contributed by atoms with Gasteiger partial charge in [0.1, 0.15) is 0 Å². The van der Waals surface area contributed by atoms with Gasteiger partial charge in [0, 0.05) is 5.10 Å². The second kappa shape index (κ2) is 2.21. The van der Waals surface area contributed by atoms with Gasteiger partial charge in [0.15, 0.2) is 0 Å². The molecule has 46 valence electrons. The van der Waals surface area contributed by atoms with Crippen LogP contribution in [0.15, 0.2) is 29.2 Å². The summed E-state index contributed by atoms with van der Waals surface area (Å²) >= 11 is 0. The van der Waals surface area contributed by atoms with E-state index < -0.39 is 5.56 Å². The first-order valence-electron chi connectivity index (χ1n) is 2.36. The van der Waals surface area contributed by atoms with E-state index in [-0.39, 0.29) is 4.85 Å². The van der Waals surface area contributed by atoms with Gasteiger partial charge < -0.3 is 5.21 Å². The largest absolute Gasteiger partial charge is 0.591 e. The molecule has 1 aromatic rings. The molecule has 9 heavy (non-hydrogen) atoms. The average molecular weight is 124 g/mol. The lowest BCUT2D eigenvalue weighted by atomic mass is 10.6. The Bertz CT molecular complexity index is 261. The summed E-state index contributed by atoms with van der Waals surface area (Å²) in [5.74, 6) is 0. The molecule has 0 atom stereocenters. The van der Waals surface area contributed by atoms with Gasteiger partial charge in [-0.2, -0.15) is 0 Å². The van der Waals surface area contributed by atoms with E-state index in [1.54, 1.807) is 0 Å². The molecule has 0 unspecified atom stereocenters. The number of aromatic nitrogens is 2. The minimum Gasteiger partial charge on any atom is -0.591 e. The minimum atomic E-state index is -0.653. The summed E-state index contributed by atoms with van der Waals surface area (Å²) in [5.41, 5.74) is -0.653. The van der Waals surface area contributed by atoms with E-state index >= 15 is 0 Å². The van der Waals surface area contributed by atoms with Crippen molar-refractivity contribution in [2.75, 3.05) is 0 Å². The predicted molar refractivity (Wildman–Crippen MR) is 29.5 cm³/mol. The van der Waals surface area contributed by atoms with Crippen molar-refractivity contribution in [3.63, 3.8) is 0 Å². The van der Waals surface area contributed by atoms with Crippen molar-refractivity contribution in [2.24, 2.45) is 0 Å². The van der Waals surface area contributed by atoms with Gasteiger partial charge in [-0.05, 0) is 10.9 Å². The van der Waals surface area contributed by atoms with Crippen LogP contribution in [0.5, 0.6) is 0 Å². The van der Waals surface area contributed by atoms with Crippen LogP contribution in [-0.4, -0.2) is 5.10 Å². The third kappa shape index (κ3) is 1.22. The Kier molecular flexibility index (Phi) is 1.40. The molecule has 0 spiro atoms. The number of rotatable bonds is 0. The molecule has 0 fully saturated rings. The van der Waals surface area contributed by atoms with Gasteiger partial charge in [-0.1, -0.05) is 6.07 Å². The lowest BCUT2D eigenvalue weighted by Crippen LogP contribution is -2.45. The normalized spacial score (nSPS) is 8.89. The summed E-state index contributed by atoms with van der Waals surface area (Å²) in [4.78, 5) is 10.4. The van der Waals surface area contributed by atoms with E-state index in [1.165, 1.54) is 18.3 Å². The topological polar surface area (TPSA) is 56.9 Å². The van der Waals surface area contributed by atoms with Crippen LogP contribution in [0.3, 0.4) is 0 Å². The van der Waals surface area contributed by atoms with Crippen LogP contribution in [0, 0.1) is 5.21 Å². The molecule has 4 heteroatoms. The molecule has 1 rings (SSSR count).